The topological polar surface area (TPSA) is 50.7 Å². The zero-order valence-electron chi connectivity index (χ0n) is 6.32. The summed E-state index contributed by atoms with van der Waals surface area (Å²) < 4.78 is 10.1. The molecule has 1 heterocycles. The molecule has 1 aliphatic heterocycles. The molecule has 0 aromatic carbocycles. The third kappa shape index (κ3) is 4.00. The van der Waals surface area contributed by atoms with E-state index in [2.05, 4.69) is 11.9 Å². The number of hydrogen-bond acceptors (Lipinski definition) is 4. The molecule has 1 saturated heterocycles. The van der Waals surface area contributed by atoms with E-state index in [1.165, 1.54) is 0 Å². The Morgan fingerprint density at radius 2 is 2.50 bits per heavy atom. The predicted octanol–water partition coefficient (Wildman–Crippen LogP) is -1.20. The van der Waals surface area contributed by atoms with Gasteiger partial charge in [-0.25, -0.2) is 0 Å². The molecular weight excluding hydrogens is 169 g/mol. The molecule has 1 aliphatic rings. The van der Waals surface area contributed by atoms with Crippen LogP contribution in [0.15, 0.2) is 12.7 Å². The van der Waals surface area contributed by atoms with Crippen molar-refractivity contribution < 1.29 is 14.6 Å². The summed E-state index contributed by atoms with van der Waals surface area (Å²) in [5.74, 6) is 0. The Morgan fingerprint density at radius 3 is 3.08 bits per heavy atom. The van der Waals surface area contributed by atoms with Crippen LogP contribution in [0, 0.1) is 0 Å². The maximum atomic E-state index is 9.15. The quantitative estimate of drug-likeness (QED) is 0.426. The van der Waals surface area contributed by atoms with E-state index in [1.54, 1.807) is 6.08 Å². The molecule has 12 heavy (non-hydrogen) atoms. The van der Waals surface area contributed by atoms with Crippen LogP contribution in [0.1, 0.15) is 0 Å². The Morgan fingerprint density at radius 1 is 1.75 bits per heavy atom. The molecule has 0 spiro atoms. The normalized spacial score (nSPS) is 29.1. The summed E-state index contributed by atoms with van der Waals surface area (Å²) >= 11 is 0. The van der Waals surface area contributed by atoms with E-state index in [0.29, 0.717) is 19.8 Å². The Balaban J connectivity index is 0.00000121. The van der Waals surface area contributed by atoms with Crippen LogP contribution >= 0.6 is 0 Å². The molecule has 0 aromatic heterocycles. The molecule has 1 fully saturated rings. The Bertz CT molecular complexity index is 134. The second kappa shape index (κ2) is 7.03. The number of rotatable bonds is 3. The minimum absolute atomic E-state index is 0. The third-order valence-corrected chi connectivity index (χ3v) is 1.39. The maximum absolute atomic E-state index is 9.15. The minimum atomic E-state index is -0.858. The average molecular weight is 183 g/mol. The summed E-state index contributed by atoms with van der Waals surface area (Å²) in [5, 5.41) is 12.1. The predicted molar refractivity (Wildman–Crippen MR) is 47.0 cm³/mol. The molecule has 0 bridgehead atoms. The van der Waals surface area contributed by atoms with Gasteiger partial charge in [0, 0.05) is 6.54 Å². The molecule has 0 radical (unpaired) electrons. The van der Waals surface area contributed by atoms with E-state index < -0.39 is 12.5 Å². The number of hydrogen-bond donors (Lipinski definition) is 2. The first kappa shape index (κ1) is 12.6. The molecule has 0 aromatic rings. The second-order valence-electron chi connectivity index (χ2n) is 2.26. The van der Waals surface area contributed by atoms with Crippen molar-refractivity contribution in [3.05, 3.63) is 12.7 Å². The molecular formula is C7H14NNaO3. The van der Waals surface area contributed by atoms with Gasteiger partial charge in [0.15, 0.2) is 12.5 Å². The van der Waals surface area contributed by atoms with Gasteiger partial charge in [-0.2, -0.15) is 0 Å². The summed E-state index contributed by atoms with van der Waals surface area (Å²) in [6, 6.07) is 0. The van der Waals surface area contributed by atoms with Gasteiger partial charge in [-0.05, 0) is 0 Å². The summed E-state index contributed by atoms with van der Waals surface area (Å²) in [4.78, 5) is 0. The SMILES string of the molecule is C=CCOC1NCCOC1O.[NaH]. The number of morpholine rings is 1. The van der Waals surface area contributed by atoms with Crippen molar-refractivity contribution in [3.63, 3.8) is 0 Å². The van der Waals surface area contributed by atoms with Gasteiger partial charge in [0.1, 0.15) is 0 Å². The number of nitrogens with one attached hydrogen (secondary N) is 1. The average Bonchev–Trinajstić information content (AvgIpc) is 2.03. The fourth-order valence-corrected chi connectivity index (χ4v) is 0.882. The van der Waals surface area contributed by atoms with Crippen molar-refractivity contribution in [2.45, 2.75) is 12.5 Å². The standard InChI is InChI=1S/C7H13NO3.Na.H/c1-2-4-10-6-7(9)11-5-3-8-6;;/h2,6-9H,1,3-5H2;;. The van der Waals surface area contributed by atoms with Crippen molar-refractivity contribution in [3.8, 4) is 0 Å². The van der Waals surface area contributed by atoms with Crippen LogP contribution in [-0.2, 0) is 9.47 Å². The van der Waals surface area contributed by atoms with E-state index in [4.69, 9.17) is 14.6 Å². The first-order chi connectivity index (χ1) is 5.34. The van der Waals surface area contributed by atoms with Crippen LogP contribution in [0.2, 0.25) is 0 Å². The summed E-state index contributed by atoms with van der Waals surface area (Å²) in [5.41, 5.74) is 0. The van der Waals surface area contributed by atoms with Gasteiger partial charge in [0.05, 0.1) is 13.2 Å². The fraction of sp³-hybridized carbons (Fsp3) is 0.714. The molecule has 2 atom stereocenters. The van der Waals surface area contributed by atoms with E-state index in [-0.39, 0.29) is 29.6 Å². The van der Waals surface area contributed by atoms with Gasteiger partial charge in [0.25, 0.3) is 0 Å². The van der Waals surface area contributed by atoms with Crippen LogP contribution in [0.3, 0.4) is 0 Å². The van der Waals surface area contributed by atoms with Crippen LogP contribution in [0.5, 0.6) is 0 Å². The van der Waals surface area contributed by atoms with Crippen LogP contribution in [0.4, 0.5) is 0 Å². The van der Waals surface area contributed by atoms with Gasteiger partial charge >= 0.3 is 29.6 Å². The first-order valence-corrected chi connectivity index (χ1v) is 3.60. The third-order valence-electron chi connectivity index (χ3n) is 1.39. The van der Waals surface area contributed by atoms with E-state index in [9.17, 15) is 0 Å². The van der Waals surface area contributed by atoms with E-state index in [1.807, 2.05) is 0 Å². The van der Waals surface area contributed by atoms with E-state index in [0.717, 1.165) is 0 Å². The van der Waals surface area contributed by atoms with E-state index >= 15 is 0 Å². The zero-order valence-corrected chi connectivity index (χ0v) is 6.32. The van der Waals surface area contributed by atoms with Crippen molar-refractivity contribution >= 4 is 29.6 Å². The zero-order chi connectivity index (χ0) is 8.10. The van der Waals surface area contributed by atoms with Gasteiger partial charge < -0.3 is 14.6 Å². The van der Waals surface area contributed by atoms with Crippen LogP contribution < -0.4 is 5.32 Å². The van der Waals surface area contributed by atoms with Crippen molar-refractivity contribution in [2.75, 3.05) is 19.8 Å². The van der Waals surface area contributed by atoms with Gasteiger partial charge in [-0.15, -0.1) is 6.58 Å². The molecule has 5 heteroatoms. The molecule has 0 saturated carbocycles. The van der Waals surface area contributed by atoms with Crippen LogP contribution in [-0.4, -0.2) is 66.9 Å². The molecule has 4 nitrogen and oxygen atoms in total. The molecule has 66 valence electrons. The first-order valence-electron chi connectivity index (χ1n) is 3.60. The van der Waals surface area contributed by atoms with Crippen molar-refractivity contribution in [1.82, 2.24) is 5.32 Å². The Kier molecular flexibility index (Phi) is 7.37. The monoisotopic (exact) mass is 183 g/mol. The van der Waals surface area contributed by atoms with Crippen molar-refractivity contribution in [2.24, 2.45) is 0 Å². The van der Waals surface area contributed by atoms with Gasteiger partial charge in [-0.3, -0.25) is 5.32 Å². The number of ether oxygens (including phenoxy) is 2. The summed E-state index contributed by atoms with van der Waals surface area (Å²) in [6.07, 6.45) is 0.355. The molecule has 2 N–H and O–H groups in total. The molecule has 0 amide bonds. The Hall–Kier alpha value is 0.580. The summed E-state index contributed by atoms with van der Waals surface area (Å²) in [6.45, 7) is 5.14. The summed E-state index contributed by atoms with van der Waals surface area (Å²) in [7, 11) is 0. The Labute approximate surface area is 94.2 Å². The fourth-order valence-electron chi connectivity index (χ4n) is 0.882. The molecule has 2 unspecified atom stereocenters. The van der Waals surface area contributed by atoms with Gasteiger partial charge in [0.2, 0.25) is 0 Å². The van der Waals surface area contributed by atoms with Gasteiger partial charge in [-0.1, -0.05) is 6.08 Å². The number of aliphatic hydroxyl groups excluding tert-OH is 1. The number of aliphatic hydroxyl groups is 1. The second-order valence-corrected chi connectivity index (χ2v) is 2.26. The van der Waals surface area contributed by atoms with Crippen LogP contribution in [0.25, 0.3) is 0 Å². The van der Waals surface area contributed by atoms with Crippen molar-refractivity contribution in [1.29, 1.82) is 0 Å². The molecule has 0 aliphatic carbocycles. The molecule has 1 rings (SSSR count).